The number of aryl methyl sites for hydroxylation is 2. The summed E-state index contributed by atoms with van der Waals surface area (Å²) in [5, 5.41) is 7.62. The lowest BCUT2D eigenvalue weighted by molar-refractivity contribution is -0.125. The molecule has 1 unspecified atom stereocenters. The Labute approximate surface area is 188 Å². The van der Waals surface area contributed by atoms with Crippen molar-refractivity contribution >= 4 is 11.7 Å². The van der Waals surface area contributed by atoms with Crippen LogP contribution in [0, 0.1) is 19.8 Å². The average Bonchev–Trinajstić information content (AvgIpc) is 3.17. The number of nitrogens with one attached hydrogen (secondary N) is 1. The van der Waals surface area contributed by atoms with Gasteiger partial charge in [0, 0.05) is 31.4 Å². The second-order valence-corrected chi connectivity index (χ2v) is 8.25. The first-order valence-electron chi connectivity index (χ1n) is 11.0. The highest BCUT2D eigenvalue weighted by atomic mass is 16.5. The molecule has 0 radical (unpaired) electrons. The van der Waals surface area contributed by atoms with Crippen molar-refractivity contribution in [3.8, 4) is 11.6 Å². The van der Waals surface area contributed by atoms with Crippen molar-refractivity contribution in [2.75, 3.05) is 31.6 Å². The Morgan fingerprint density at radius 2 is 2.03 bits per heavy atom. The van der Waals surface area contributed by atoms with E-state index >= 15 is 0 Å². The van der Waals surface area contributed by atoms with Gasteiger partial charge in [-0.2, -0.15) is 5.10 Å². The summed E-state index contributed by atoms with van der Waals surface area (Å²) >= 11 is 0. The van der Waals surface area contributed by atoms with Gasteiger partial charge in [0.1, 0.15) is 17.9 Å². The summed E-state index contributed by atoms with van der Waals surface area (Å²) in [6.07, 6.45) is 4.18. The van der Waals surface area contributed by atoms with Gasteiger partial charge in [-0.1, -0.05) is 12.1 Å². The highest BCUT2D eigenvalue weighted by Crippen LogP contribution is 2.23. The third-order valence-corrected chi connectivity index (χ3v) is 5.83. The fourth-order valence-electron chi connectivity index (χ4n) is 4.19. The number of piperidine rings is 1. The van der Waals surface area contributed by atoms with E-state index in [1.165, 1.54) is 0 Å². The molecule has 0 saturated carbocycles. The highest BCUT2D eigenvalue weighted by Gasteiger charge is 2.26. The maximum absolute atomic E-state index is 12.8. The Balaban J connectivity index is 1.36. The molecule has 1 N–H and O–H groups in total. The minimum atomic E-state index is -0.0545. The molecule has 1 aromatic carbocycles. The van der Waals surface area contributed by atoms with E-state index in [4.69, 9.17) is 4.74 Å². The zero-order valence-corrected chi connectivity index (χ0v) is 18.9. The molecular formula is C24H30N6O2. The summed E-state index contributed by atoms with van der Waals surface area (Å²) in [5.74, 6) is 2.45. The third-order valence-electron chi connectivity index (χ3n) is 5.83. The summed E-state index contributed by atoms with van der Waals surface area (Å²) in [4.78, 5) is 23.8. The lowest BCUT2D eigenvalue weighted by atomic mass is 9.97. The number of carbonyl (C=O) groups excluding carboxylic acids is 1. The van der Waals surface area contributed by atoms with Crippen molar-refractivity contribution in [2.24, 2.45) is 5.92 Å². The maximum Gasteiger partial charge on any atom is 0.224 e. The molecule has 4 rings (SSSR count). The highest BCUT2D eigenvalue weighted by molar-refractivity contribution is 5.79. The number of carbonyl (C=O) groups is 1. The van der Waals surface area contributed by atoms with Crippen molar-refractivity contribution in [1.29, 1.82) is 0 Å². The molecule has 1 atom stereocenters. The number of amides is 1. The first kappa shape index (κ1) is 21.8. The van der Waals surface area contributed by atoms with E-state index in [1.807, 2.05) is 54.9 Å². The second-order valence-electron chi connectivity index (χ2n) is 8.25. The molecule has 2 aromatic heterocycles. The molecule has 0 spiro atoms. The molecule has 1 aliphatic rings. The fourth-order valence-corrected chi connectivity index (χ4v) is 4.19. The Kier molecular flexibility index (Phi) is 6.68. The number of rotatable bonds is 7. The van der Waals surface area contributed by atoms with E-state index in [0.29, 0.717) is 13.1 Å². The second kappa shape index (κ2) is 9.80. The zero-order chi connectivity index (χ0) is 22.5. The van der Waals surface area contributed by atoms with Gasteiger partial charge in [0.2, 0.25) is 5.91 Å². The summed E-state index contributed by atoms with van der Waals surface area (Å²) in [5.41, 5.74) is 3.12. The number of hydrogen-bond donors (Lipinski definition) is 1. The van der Waals surface area contributed by atoms with Crippen LogP contribution >= 0.6 is 0 Å². The summed E-state index contributed by atoms with van der Waals surface area (Å²) in [6.45, 7) is 6.11. The van der Waals surface area contributed by atoms with E-state index in [-0.39, 0.29) is 11.8 Å². The average molecular weight is 435 g/mol. The van der Waals surface area contributed by atoms with Gasteiger partial charge >= 0.3 is 0 Å². The fraction of sp³-hybridized carbons (Fsp3) is 0.417. The van der Waals surface area contributed by atoms with Crippen molar-refractivity contribution in [2.45, 2.75) is 33.1 Å². The van der Waals surface area contributed by atoms with Gasteiger partial charge in [-0.05, 0) is 56.9 Å². The first-order chi connectivity index (χ1) is 15.5. The van der Waals surface area contributed by atoms with Gasteiger partial charge in [-0.3, -0.25) is 4.79 Å². The molecule has 1 fully saturated rings. The SMILES string of the molecule is COc1cccc(CCNC(=O)C2CCCN(c3cc(-n4nc(C)cc4C)ncn3)C2)c1. The first-order valence-corrected chi connectivity index (χ1v) is 11.0. The molecule has 3 heterocycles. The number of nitrogens with zero attached hydrogens (tertiary/aromatic N) is 5. The molecule has 168 valence electrons. The molecule has 32 heavy (non-hydrogen) atoms. The quantitative estimate of drug-likeness (QED) is 0.616. The van der Waals surface area contributed by atoms with Gasteiger partial charge in [0.05, 0.1) is 18.7 Å². The molecule has 0 aliphatic carbocycles. The number of anilines is 1. The van der Waals surface area contributed by atoms with Crippen LogP contribution in [0.4, 0.5) is 5.82 Å². The van der Waals surface area contributed by atoms with Crippen LogP contribution in [0.15, 0.2) is 42.7 Å². The van der Waals surface area contributed by atoms with E-state index in [2.05, 4.69) is 25.3 Å². The van der Waals surface area contributed by atoms with Crippen LogP contribution in [0.25, 0.3) is 5.82 Å². The van der Waals surface area contributed by atoms with Crippen molar-refractivity contribution in [1.82, 2.24) is 25.1 Å². The number of aromatic nitrogens is 4. The largest absolute Gasteiger partial charge is 0.497 e. The Bertz CT molecular complexity index is 1080. The molecule has 1 aliphatic heterocycles. The molecule has 1 saturated heterocycles. The lowest BCUT2D eigenvalue weighted by Gasteiger charge is -2.33. The minimum Gasteiger partial charge on any atom is -0.497 e. The van der Waals surface area contributed by atoms with Crippen LogP contribution < -0.4 is 15.0 Å². The topological polar surface area (TPSA) is 85.2 Å². The Morgan fingerprint density at radius 3 is 2.81 bits per heavy atom. The maximum atomic E-state index is 12.8. The number of benzene rings is 1. The Hall–Kier alpha value is -3.42. The minimum absolute atomic E-state index is 0.0545. The van der Waals surface area contributed by atoms with Crippen molar-refractivity contribution < 1.29 is 9.53 Å². The molecule has 1 amide bonds. The van der Waals surface area contributed by atoms with Crippen LogP contribution in [0.5, 0.6) is 5.75 Å². The monoisotopic (exact) mass is 434 g/mol. The predicted molar refractivity (Wildman–Crippen MR) is 123 cm³/mol. The van der Waals surface area contributed by atoms with E-state index in [0.717, 1.165) is 60.1 Å². The Morgan fingerprint density at radius 1 is 1.19 bits per heavy atom. The standard InChI is InChI=1S/C24H30N6O2/c1-17-12-18(2)30(28-17)23-14-22(26-16-27-23)29-11-5-7-20(15-29)24(31)25-10-9-19-6-4-8-21(13-19)32-3/h4,6,8,12-14,16,20H,5,7,9-11,15H2,1-3H3,(H,25,31). The zero-order valence-electron chi connectivity index (χ0n) is 18.9. The molecule has 8 nitrogen and oxygen atoms in total. The summed E-state index contributed by atoms with van der Waals surface area (Å²) in [6, 6.07) is 11.9. The third kappa shape index (κ3) is 5.07. The smallest absolute Gasteiger partial charge is 0.224 e. The normalized spacial score (nSPS) is 16.1. The van der Waals surface area contributed by atoms with Gasteiger partial charge in [-0.15, -0.1) is 0 Å². The predicted octanol–water partition coefficient (Wildman–Crippen LogP) is 2.86. The van der Waals surface area contributed by atoms with Gasteiger partial charge < -0.3 is 15.0 Å². The van der Waals surface area contributed by atoms with E-state index in [1.54, 1.807) is 13.4 Å². The van der Waals surface area contributed by atoms with Crippen LogP contribution in [0.1, 0.15) is 29.8 Å². The number of hydrogen-bond acceptors (Lipinski definition) is 6. The van der Waals surface area contributed by atoms with E-state index in [9.17, 15) is 4.79 Å². The molecule has 0 bridgehead atoms. The molecule has 8 heteroatoms. The summed E-state index contributed by atoms with van der Waals surface area (Å²) in [7, 11) is 1.66. The summed E-state index contributed by atoms with van der Waals surface area (Å²) < 4.78 is 7.09. The van der Waals surface area contributed by atoms with Crippen molar-refractivity contribution in [3.05, 3.63) is 59.7 Å². The lowest BCUT2D eigenvalue weighted by Crippen LogP contribution is -2.43. The number of methoxy groups -OCH3 is 1. The number of ether oxygens (including phenoxy) is 1. The van der Waals surface area contributed by atoms with E-state index < -0.39 is 0 Å². The van der Waals surface area contributed by atoms with Gasteiger partial charge in [0.15, 0.2) is 5.82 Å². The molecule has 3 aromatic rings. The van der Waals surface area contributed by atoms with Gasteiger partial charge in [-0.25, -0.2) is 14.6 Å². The molecular weight excluding hydrogens is 404 g/mol. The van der Waals surface area contributed by atoms with Crippen LogP contribution in [0.3, 0.4) is 0 Å². The van der Waals surface area contributed by atoms with Crippen LogP contribution in [0.2, 0.25) is 0 Å². The van der Waals surface area contributed by atoms with Crippen molar-refractivity contribution in [3.63, 3.8) is 0 Å². The van der Waals surface area contributed by atoms with Crippen LogP contribution in [-0.2, 0) is 11.2 Å². The van der Waals surface area contributed by atoms with Crippen LogP contribution in [-0.4, -0.2) is 52.4 Å². The van der Waals surface area contributed by atoms with Gasteiger partial charge in [0.25, 0.3) is 0 Å².